The van der Waals surface area contributed by atoms with E-state index in [1.165, 1.54) is 0 Å². The summed E-state index contributed by atoms with van der Waals surface area (Å²) in [5.41, 5.74) is 5.27. The first-order chi connectivity index (χ1) is 15.5. The van der Waals surface area contributed by atoms with E-state index in [0.717, 1.165) is 38.7 Å². The molecule has 3 heterocycles. The van der Waals surface area contributed by atoms with E-state index in [9.17, 15) is 9.90 Å². The predicted molar refractivity (Wildman–Crippen MR) is 125 cm³/mol. The SMILES string of the molecule is CC1=C(C(=O)Cc2ccc3cnccc3c2)C(c2ccc(Cl)cc2)n2nc(CO)cc2C1. The number of ketones is 1. The molecule has 160 valence electrons. The third-order valence-corrected chi connectivity index (χ3v) is 6.26. The zero-order valence-corrected chi connectivity index (χ0v) is 18.4. The Balaban J connectivity index is 1.55. The van der Waals surface area contributed by atoms with Crippen LogP contribution in [0.4, 0.5) is 0 Å². The normalized spacial score (nSPS) is 15.8. The number of carbonyl (C=O) groups excluding carboxylic acids is 1. The summed E-state index contributed by atoms with van der Waals surface area (Å²) in [6, 6.07) is 17.1. The number of benzene rings is 2. The summed E-state index contributed by atoms with van der Waals surface area (Å²) in [5.74, 6) is 0.0718. The van der Waals surface area contributed by atoms with Crippen LogP contribution in [0.1, 0.15) is 35.5 Å². The lowest BCUT2D eigenvalue weighted by atomic mass is 9.85. The first-order valence-electron chi connectivity index (χ1n) is 10.5. The minimum Gasteiger partial charge on any atom is -0.390 e. The van der Waals surface area contributed by atoms with Crippen LogP contribution in [-0.2, 0) is 24.2 Å². The summed E-state index contributed by atoms with van der Waals surface area (Å²) < 4.78 is 1.88. The molecular formula is C26H22ClN3O2. The lowest BCUT2D eigenvalue weighted by Gasteiger charge is -2.29. The summed E-state index contributed by atoms with van der Waals surface area (Å²) in [6.07, 6.45) is 4.51. The van der Waals surface area contributed by atoms with Crippen LogP contribution < -0.4 is 0 Å². The standard InChI is InChI=1S/C26H22ClN3O2/c1-16-10-23-13-22(15-31)29-30(23)26(18-4-6-21(27)7-5-18)25(16)24(32)12-17-2-3-20-14-28-9-8-19(20)11-17/h2-9,11,13-14,26,31H,10,12,15H2,1H3. The molecule has 0 radical (unpaired) electrons. The molecule has 32 heavy (non-hydrogen) atoms. The number of allylic oxidation sites excluding steroid dienone is 2. The quantitative estimate of drug-likeness (QED) is 0.478. The molecule has 1 N–H and O–H groups in total. The first-order valence-corrected chi connectivity index (χ1v) is 10.9. The number of aromatic nitrogens is 3. The summed E-state index contributed by atoms with van der Waals surface area (Å²) in [5, 5.41) is 17.0. The fraction of sp³-hybridized carbons (Fsp3) is 0.192. The van der Waals surface area contributed by atoms with Gasteiger partial charge in [-0.05, 0) is 47.7 Å². The van der Waals surface area contributed by atoms with Crippen molar-refractivity contribution in [2.24, 2.45) is 0 Å². The van der Waals surface area contributed by atoms with Gasteiger partial charge in [-0.2, -0.15) is 5.10 Å². The van der Waals surface area contributed by atoms with E-state index in [2.05, 4.69) is 10.1 Å². The Morgan fingerprint density at radius 3 is 2.72 bits per heavy atom. The van der Waals surface area contributed by atoms with Crippen molar-refractivity contribution >= 4 is 28.2 Å². The van der Waals surface area contributed by atoms with Crippen LogP contribution in [-0.4, -0.2) is 25.7 Å². The number of nitrogens with zero attached hydrogens (tertiary/aromatic N) is 3. The van der Waals surface area contributed by atoms with Gasteiger partial charge in [0.15, 0.2) is 5.78 Å². The van der Waals surface area contributed by atoms with Crippen molar-refractivity contribution in [3.63, 3.8) is 0 Å². The largest absolute Gasteiger partial charge is 0.390 e. The minimum atomic E-state index is -0.353. The molecule has 0 bridgehead atoms. The van der Waals surface area contributed by atoms with E-state index in [1.807, 2.05) is 72.4 Å². The van der Waals surface area contributed by atoms with Crippen molar-refractivity contribution in [1.29, 1.82) is 0 Å². The average molecular weight is 444 g/mol. The molecule has 2 aromatic carbocycles. The second-order valence-electron chi connectivity index (χ2n) is 8.21. The van der Waals surface area contributed by atoms with Crippen LogP contribution in [0.15, 0.2) is 78.1 Å². The minimum absolute atomic E-state index is 0.0718. The number of rotatable bonds is 5. The smallest absolute Gasteiger partial charge is 0.165 e. The zero-order chi connectivity index (χ0) is 22.2. The van der Waals surface area contributed by atoms with Gasteiger partial charge in [0, 0.05) is 46.9 Å². The van der Waals surface area contributed by atoms with Gasteiger partial charge in [-0.1, -0.05) is 47.5 Å². The number of aliphatic hydroxyl groups is 1. The zero-order valence-electron chi connectivity index (χ0n) is 17.6. The van der Waals surface area contributed by atoms with Crippen molar-refractivity contribution in [2.45, 2.75) is 32.4 Å². The number of pyridine rings is 1. The Kier molecular flexibility index (Phi) is 5.37. The molecule has 0 aliphatic carbocycles. The molecule has 0 fully saturated rings. The molecule has 2 aromatic heterocycles. The lowest BCUT2D eigenvalue weighted by Crippen LogP contribution is -2.28. The molecule has 0 saturated carbocycles. The van der Waals surface area contributed by atoms with Gasteiger partial charge < -0.3 is 5.11 Å². The highest BCUT2D eigenvalue weighted by Crippen LogP contribution is 2.37. The molecule has 4 aromatic rings. The Hall–Kier alpha value is -3.28. The van der Waals surface area contributed by atoms with E-state index in [-0.39, 0.29) is 18.4 Å². The highest BCUT2D eigenvalue weighted by molar-refractivity contribution is 6.30. The van der Waals surface area contributed by atoms with Gasteiger partial charge in [0.1, 0.15) is 6.04 Å². The van der Waals surface area contributed by atoms with Crippen molar-refractivity contribution < 1.29 is 9.90 Å². The summed E-state index contributed by atoms with van der Waals surface area (Å²) in [6.45, 7) is 1.87. The van der Waals surface area contributed by atoms with Gasteiger partial charge in [-0.25, -0.2) is 0 Å². The van der Waals surface area contributed by atoms with Gasteiger partial charge in [0.2, 0.25) is 0 Å². The number of carbonyl (C=O) groups is 1. The summed E-state index contributed by atoms with van der Waals surface area (Å²) >= 11 is 6.12. The van der Waals surface area contributed by atoms with Crippen molar-refractivity contribution in [3.8, 4) is 0 Å². The molecule has 0 amide bonds. The maximum absolute atomic E-state index is 13.7. The Bertz CT molecular complexity index is 1360. The van der Waals surface area contributed by atoms with Crippen molar-refractivity contribution in [2.75, 3.05) is 0 Å². The number of hydrogen-bond acceptors (Lipinski definition) is 4. The van der Waals surface area contributed by atoms with E-state index >= 15 is 0 Å². The van der Waals surface area contributed by atoms with Crippen LogP contribution in [0.3, 0.4) is 0 Å². The molecule has 0 saturated heterocycles. The molecule has 5 rings (SSSR count). The third-order valence-electron chi connectivity index (χ3n) is 6.01. The van der Waals surface area contributed by atoms with Crippen LogP contribution in [0.5, 0.6) is 0 Å². The fourth-order valence-electron chi connectivity index (χ4n) is 4.51. The number of aliphatic hydroxyl groups excluding tert-OH is 1. The first kappa shape index (κ1) is 20.6. The van der Waals surface area contributed by atoms with Gasteiger partial charge in [0.05, 0.1) is 12.3 Å². The highest BCUT2D eigenvalue weighted by atomic mass is 35.5. The highest BCUT2D eigenvalue weighted by Gasteiger charge is 2.32. The van der Waals surface area contributed by atoms with Gasteiger partial charge >= 0.3 is 0 Å². The van der Waals surface area contributed by atoms with E-state index in [0.29, 0.717) is 23.6 Å². The second-order valence-corrected chi connectivity index (χ2v) is 8.65. The Morgan fingerprint density at radius 2 is 1.94 bits per heavy atom. The molecule has 6 heteroatoms. The van der Waals surface area contributed by atoms with E-state index in [4.69, 9.17) is 11.6 Å². The number of halogens is 1. The molecule has 1 aliphatic rings. The predicted octanol–water partition coefficient (Wildman–Crippen LogP) is 4.85. The van der Waals surface area contributed by atoms with Crippen LogP contribution >= 0.6 is 11.6 Å². The van der Waals surface area contributed by atoms with Crippen molar-refractivity contribution in [1.82, 2.24) is 14.8 Å². The van der Waals surface area contributed by atoms with Gasteiger partial charge in [-0.3, -0.25) is 14.5 Å². The maximum atomic E-state index is 13.7. The molecule has 1 aliphatic heterocycles. The third kappa shape index (κ3) is 3.74. The number of hydrogen-bond donors (Lipinski definition) is 1. The lowest BCUT2D eigenvalue weighted by molar-refractivity contribution is -0.115. The maximum Gasteiger partial charge on any atom is 0.165 e. The van der Waals surface area contributed by atoms with E-state index in [1.54, 1.807) is 6.20 Å². The van der Waals surface area contributed by atoms with Crippen LogP contribution in [0, 0.1) is 0 Å². The average Bonchev–Trinajstić information content (AvgIpc) is 3.21. The molecule has 0 spiro atoms. The van der Waals surface area contributed by atoms with E-state index < -0.39 is 0 Å². The number of Topliss-reactive ketones (excluding diaryl/α,β-unsaturated/α-hetero) is 1. The van der Waals surface area contributed by atoms with Crippen LogP contribution in [0.2, 0.25) is 5.02 Å². The Morgan fingerprint density at radius 1 is 1.12 bits per heavy atom. The van der Waals surface area contributed by atoms with Crippen LogP contribution in [0.25, 0.3) is 10.8 Å². The fourth-order valence-corrected chi connectivity index (χ4v) is 4.64. The summed E-state index contributed by atoms with van der Waals surface area (Å²) in [7, 11) is 0. The monoisotopic (exact) mass is 443 g/mol. The molecule has 5 nitrogen and oxygen atoms in total. The second kappa shape index (κ2) is 8.34. The summed E-state index contributed by atoms with van der Waals surface area (Å²) in [4.78, 5) is 17.8. The molecular weight excluding hydrogens is 422 g/mol. The van der Waals surface area contributed by atoms with Gasteiger partial charge in [-0.15, -0.1) is 0 Å². The molecule has 1 unspecified atom stereocenters. The molecule has 1 atom stereocenters. The topological polar surface area (TPSA) is 68.0 Å². The Labute approximate surface area is 191 Å². The number of fused-ring (bicyclic) bond motifs is 2. The van der Waals surface area contributed by atoms with Crippen molar-refractivity contribution in [3.05, 3.63) is 106 Å². The van der Waals surface area contributed by atoms with Gasteiger partial charge in [0.25, 0.3) is 0 Å².